The van der Waals surface area contributed by atoms with E-state index in [4.69, 9.17) is 4.74 Å². The Morgan fingerprint density at radius 2 is 1.87 bits per heavy atom. The molecule has 0 heterocycles. The molecule has 0 bridgehead atoms. The number of allylic oxidation sites excluding steroid dienone is 1. The Morgan fingerprint density at radius 3 is 2.48 bits per heavy atom. The highest BCUT2D eigenvalue weighted by atomic mass is 32.2. The molecule has 0 spiro atoms. The summed E-state index contributed by atoms with van der Waals surface area (Å²) in [5, 5.41) is 0. The van der Waals surface area contributed by atoms with E-state index in [1.54, 1.807) is 18.2 Å². The number of carbonyl (C=O) groups excluding carboxylic acids is 1. The van der Waals surface area contributed by atoms with Crippen molar-refractivity contribution < 1.29 is 22.7 Å². The van der Waals surface area contributed by atoms with Crippen molar-refractivity contribution in [3.63, 3.8) is 0 Å². The first kappa shape index (κ1) is 17.1. The average Bonchev–Trinajstić information content (AvgIpc) is 2.54. The number of hydrogen-bond donors (Lipinski definition) is 0. The van der Waals surface area contributed by atoms with Crippen LogP contribution in [0.15, 0.2) is 53.4 Å². The zero-order valence-electron chi connectivity index (χ0n) is 12.1. The van der Waals surface area contributed by atoms with Crippen LogP contribution >= 0.6 is 11.8 Å². The molecule has 0 aromatic heterocycles. The lowest BCUT2D eigenvalue weighted by Crippen LogP contribution is -1.97. The Kier molecular flexibility index (Phi) is 5.87. The summed E-state index contributed by atoms with van der Waals surface area (Å²) in [7, 11) is 1.35. The van der Waals surface area contributed by atoms with Crippen LogP contribution in [-0.4, -0.2) is 18.7 Å². The van der Waals surface area contributed by atoms with E-state index in [0.29, 0.717) is 22.9 Å². The average molecular weight is 338 g/mol. The molecule has 0 unspecified atom stereocenters. The maximum Gasteiger partial charge on any atom is 0.289 e. The molecule has 0 radical (unpaired) electrons. The number of hydrogen-bond acceptors (Lipinski definition) is 3. The van der Waals surface area contributed by atoms with Crippen molar-refractivity contribution >= 4 is 23.6 Å². The molecule has 0 amide bonds. The van der Waals surface area contributed by atoms with Crippen molar-refractivity contribution in [3.05, 3.63) is 65.5 Å². The quantitative estimate of drug-likeness (QED) is 0.419. The zero-order chi connectivity index (χ0) is 16.8. The Morgan fingerprint density at radius 1 is 1.17 bits per heavy atom. The fourth-order valence-electron chi connectivity index (χ4n) is 1.86. The van der Waals surface area contributed by atoms with Gasteiger partial charge < -0.3 is 4.74 Å². The smallest absolute Gasteiger partial charge is 0.289 e. The zero-order valence-corrected chi connectivity index (χ0v) is 12.9. The number of methoxy groups -OCH3 is 1. The molecule has 0 aliphatic rings. The van der Waals surface area contributed by atoms with Crippen LogP contribution in [0, 0.1) is 5.82 Å². The van der Waals surface area contributed by atoms with Gasteiger partial charge >= 0.3 is 0 Å². The predicted molar refractivity (Wildman–Crippen MR) is 84.6 cm³/mol. The monoisotopic (exact) mass is 338 g/mol. The molecule has 0 aliphatic heterocycles. The molecule has 2 nitrogen and oxygen atoms in total. The largest absolute Gasteiger partial charge is 0.496 e. The fourth-order valence-corrected chi connectivity index (χ4v) is 2.45. The molecule has 2 rings (SSSR count). The third kappa shape index (κ3) is 4.89. The van der Waals surface area contributed by atoms with Gasteiger partial charge in [-0.25, -0.2) is 4.39 Å². The number of carbonyl (C=O) groups is 1. The summed E-state index contributed by atoms with van der Waals surface area (Å²) in [6.07, 6.45) is 2.89. The second-order valence-corrected chi connectivity index (χ2v) is 5.53. The Hall–Kier alpha value is -2.21. The van der Waals surface area contributed by atoms with Gasteiger partial charge in [-0.05, 0) is 42.0 Å². The fraction of sp³-hybridized carbons (Fsp3) is 0.118. The summed E-state index contributed by atoms with van der Waals surface area (Å²) < 4.78 is 42.7. The minimum absolute atomic E-state index is 0.219. The summed E-state index contributed by atoms with van der Waals surface area (Å²) in [5.74, 6) is -3.01. The molecule has 6 heteroatoms. The summed E-state index contributed by atoms with van der Waals surface area (Å²) in [6, 6.07) is 9.98. The van der Waals surface area contributed by atoms with Crippen LogP contribution in [-0.2, 0) is 0 Å². The first-order valence-electron chi connectivity index (χ1n) is 6.60. The second kappa shape index (κ2) is 7.87. The summed E-state index contributed by atoms with van der Waals surface area (Å²) in [5.41, 5.74) is 0.996. The van der Waals surface area contributed by atoms with Crippen molar-refractivity contribution in [1.29, 1.82) is 0 Å². The molecule has 120 valence electrons. The van der Waals surface area contributed by atoms with Crippen molar-refractivity contribution in [1.82, 2.24) is 0 Å². The molecule has 2 aromatic rings. The number of thioether (sulfide) groups is 1. The third-order valence-electron chi connectivity index (χ3n) is 2.96. The Balaban J connectivity index is 2.17. The number of ether oxygens (including phenoxy) is 1. The van der Waals surface area contributed by atoms with Crippen LogP contribution in [0.1, 0.15) is 15.9 Å². The number of ketones is 1. The van der Waals surface area contributed by atoms with Gasteiger partial charge in [0.25, 0.3) is 5.76 Å². The highest BCUT2D eigenvalue weighted by Gasteiger charge is 2.13. The molecule has 0 aliphatic carbocycles. The standard InChI is InChI=1S/C17H13F3O2S/c1-22-15-10-12(5-9-16(15)23-17(19)20)14(21)8-4-11-2-6-13(18)7-3-11/h2-10,17H,1H3/b8-4+. The van der Waals surface area contributed by atoms with Gasteiger partial charge in [-0.3, -0.25) is 4.79 Å². The van der Waals surface area contributed by atoms with Crippen LogP contribution in [0.3, 0.4) is 0 Å². The predicted octanol–water partition coefficient (Wildman–Crippen LogP) is 5.05. The van der Waals surface area contributed by atoms with Gasteiger partial charge in [0.2, 0.25) is 0 Å². The van der Waals surface area contributed by atoms with Crippen LogP contribution in [0.4, 0.5) is 13.2 Å². The lowest BCUT2D eigenvalue weighted by Gasteiger charge is -2.08. The van der Waals surface area contributed by atoms with Crippen molar-refractivity contribution in [2.45, 2.75) is 10.7 Å². The minimum Gasteiger partial charge on any atom is -0.496 e. The SMILES string of the molecule is COc1cc(C(=O)/C=C/c2ccc(F)cc2)ccc1SC(F)F. The van der Waals surface area contributed by atoms with E-state index < -0.39 is 5.76 Å². The van der Waals surface area contributed by atoms with Gasteiger partial charge in [0.05, 0.1) is 12.0 Å². The van der Waals surface area contributed by atoms with Crippen LogP contribution in [0.25, 0.3) is 6.08 Å². The number of alkyl halides is 2. The van der Waals surface area contributed by atoms with E-state index in [9.17, 15) is 18.0 Å². The van der Waals surface area contributed by atoms with Gasteiger partial charge in [-0.15, -0.1) is 0 Å². The lowest BCUT2D eigenvalue weighted by molar-refractivity contribution is 0.104. The normalized spacial score (nSPS) is 11.2. The molecule has 0 atom stereocenters. The van der Waals surface area contributed by atoms with Crippen molar-refractivity contribution in [3.8, 4) is 5.75 Å². The molecule has 23 heavy (non-hydrogen) atoms. The van der Waals surface area contributed by atoms with E-state index in [0.717, 1.165) is 0 Å². The molecule has 0 fully saturated rings. The Bertz CT molecular complexity index is 712. The van der Waals surface area contributed by atoms with Crippen LogP contribution < -0.4 is 4.74 Å². The molecule has 0 saturated heterocycles. The first-order chi connectivity index (χ1) is 11.0. The number of rotatable bonds is 6. The van der Waals surface area contributed by atoms with E-state index in [1.165, 1.54) is 43.5 Å². The number of benzene rings is 2. The topological polar surface area (TPSA) is 26.3 Å². The van der Waals surface area contributed by atoms with E-state index in [2.05, 4.69) is 0 Å². The molecular weight excluding hydrogens is 325 g/mol. The lowest BCUT2D eigenvalue weighted by atomic mass is 10.1. The first-order valence-corrected chi connectivity index (χ1v) is 7.48. The third-order valence-corrected chi connectivity index (χ3v) is 3.73. The molecule has 2 aromatic carbocycles. The van der Waals surface area contributed by atoms with E-state index in [-0.39, 0.29) is 22.2 Å². The summed E-state index contributed by atoms with van der Waals surface area (Å²) in [6.45, 7) is 0. The maximum absolute atomic E-state index is 12.8. The van der Waals surface area contributed by atoms with E-state index in [1.807, 2.05) is 0 Å². The molecule has 0 saturated carbocycles. The van der Waals surface area contributed by atoms with Gasteiger partial charge in [-0.1, -0.05) is 30.0 Å². The maximum atomic E-state index is 12.8. The Labute approximate surface area is 136 Å². The summed E-state index contributed by atoms with van der Waals surface area (Å²) >= 11 is 0.358. The van der Waals surface area contributed by atoms with Gasteiger partial charge in [0, 0.05) is 5.56 Å². The minimum atomic E-state index is -2.57. The number of halogens is 3. The van der Waals surface area contributed by atoms with E-state index >= 15 is 0 Å². The second-order valence-electron chi connectivity index (χ2n) is 4.49. The van der Waals surface area contributed by atoms with Crippen molar-refractivity contribution in [2.75, 3.05) is 7.11 Å². The van der Waals surface area contributed by atoms with Gasteiger partial charge in [-0.2, -0.15) is 8.78 Å². The van der Waals surface area contributed by atoms with Crippen molar-refractivity contribution in [2.24, 2.45) is 0 Å². The summed E-state index contributed by atoms with van der Waals surface area (Å²) in [4.78, 5) is 12.4. The molecular formula is C17H13F3O2S. The van der Waals surface area contributed by atoms with Gasteiger partial charge in [0.15, 0.2) is 5.78 Å². The van der Waals surface area contributed by atoms with Gasteiger partial charge in [0.1, 0.15) is 11.6 Å². The highest BCUT2D eigenvalue weighted by Crippen LogP contribution is 2.34. The highest BCUT2D eigenvalue weighted by molar-refractivity contribution is 7.99. The van der Waals surface area contributed by atoms with Crippen LogP contribution in [0.5, 0.6) is 5.75 Å². The van der Waals surface area contributed by atoms with Crippen LogP contribution in [0.2, 0.25) is 0 Å². The molecule has 0 N–H and O–H groups in total.